The van der Waals surface area contributed by atoms with Gasteiger partial charge in [-0.15, -0.1) is 0 Å². The highest BCUT2D eigenvalue weighted by molar-refractivity contribution is 5.27. The molecule has 1 unspecified atom stereocenters. The van der Waals surface area contributed by atoms with E-state index in [4.69, 9.17) is 0 Å². The molecule has 1 atom stereocenters. The van der Waals surface area contributed by atoms with Crippen LogP contribution < -0.4 is 5.32 Å². The summed E-state index contributed by atoms with van der Waals surface area (Å²) < 4.78 is 0. The summed E-state index contributed by atoms with van der Waals surface area (Å²) in [6.45, 7) is 6.08. The Morgan fingerprint density at radius 2 is 1.64 bits per heavy atom. The monoisotopic (exact) mass is 338 g/mol. The molecular weight excluding hydrogens is 308 g/mol. The van der Waals surface area contributed by atoms with Crippen LogP contribution in [-0.4, -0.2) is 29.2 Å². The molecule has 2 N–H and O–H groups in total. The zero-order valence-corrected chi connectivity index (χ0v) is 15.2. The van der Waals surface area contributed by atoms with E-state index in [0.29, 0.717) is 6.04 Å². The fourth-order valence-electron chi connectivity index (χ4n) is 3.62. The van der Waals surface area contributed by atoms with E-state index >= 15 is 0 Å². The van der Waals surface area contributed by atoms with Crippen LogP contribution in [0.1, 0.15) is 48.9 Å². The summed E-state index contributed by atoms with van der Waals surface area (Å²) in [5.41, 5.74) is 4.13. The number of piperidine rings is 1. The zero-order valence-electron chi connectivity index (χ0n) is 15.2. The average Bonchev–Trinajstić information content (AvgIpc) is 2.66. The van der Waals surface area contributed by atoms with E-state index in [1.807, 2.05) is 0 Å². The molecule has 0 aliphatic carbocycles. The van der Waals surface area contributed by atoms with Crippen LogP contribution in [0.3, 0.4) is 0 Å². The molecule has 1 fully saturated rings. The molecule has 0 radical (unpaired) electrons. The highest BCUT2D eigenvalue weighted by Crippen LogP contribution is 2.20. The average molecular weight is 338 g/mol. The molecule has 1 heterocycles. The Hall–Kier alpha value is -1.68. The lowest BCUT2D eigenvalue weighted by atomic mass is 10.0. The van der Waals surface area contributed by atoms with Crippen molar-refractivity contribution in [3.05, 3.63) is 71.3 Å². The highest BCUT2D eigenvalue weighted by atomic mass is 16.3. The highest BCUT2D eigenvalue weighted by Gasteiger charge is 2.18. The SMILES string of the molecule is CCC(NCc1ccccc1CN1CCC(O)CC1)c1ccccc1. The number of aliphatic hydroxyl groups is 1. The van der Waals surface area contributed by atoms with Gasteiger partial charge >= 0.3 is 0 Å². The van der Waals surface area contributed by atoms with Gasteiger partial charge in [-0.1, -0.05) is 61.5 Å². The molecule has 2 aromatic rings. The van der Waals surface area contributed by atoms with Crippen molar-refractivity contribution in [1.29, 1.82) is 0 Å². The van der Waals surface area contributed by atoms with E-state index in [1.165, 1.54) is 16.7 Å². The maximum atomic E-state index is 9.69. The second kappa shape index (κ2) is 9.14. The van der Waals surface area contributed by atoms with Crippen molar-refractivity contribution < 1.29 is 5.11 Å². The molecule has 2 aromatic carbocycles. The Morgan fingerprint density at radius 1 is 1.00 bits per heavy atom. The quantitative estimate of drug-likeness (QED) is 0.804. The first kappa shape index (κ1) is 18.1. The van der Waals surface area contributed by atoms with Gasteiger partial charge in [0.15, 0.2) is 0 Å². The van der Waals surface area contributed by atoms with Crippen molar-refractivity contribution >= 4 is 0 Å². The van der Waals surface area contributed by atoms with Crippen molar-refractivity contribution in [3.8, 4) is 0 Å². The molecule has 0 saturated carbocycles. The van der Waals surface area contributed by atoms with Gasteiger partial charge < -0.3 is 10.4 Å². The second-order valence-corrected chi connectivity index (χ2v) is 7.03. The van der Waals surface area contributed by atoms with Gasteiger partial charge in [0.1, 0.15) is 0 Å². The molecule has 1 aliphatic rings. The van der Waals surface area contributed by atoms with Crippen LogP contribution >= 0.6 is 0 Å². The Bertz CT molecular complexity index is 635. The second-order valence-electron chi connectivity index (χ2n) is 7.03. The van der Waals surface area contributed by atoms with Gasteiger partial charge in [-0.25, -0.2) is 0 Å². The van der Waals surface area contributed by atoms with Crippen LogP contribution in [0.5, 0.6) is 0 Å². The van der Waals surface area contributed by atoms with Crippen LogP contribution in [0.15, 0.2) is 54.6 Å². The number of nitrogens with zero attached hydrogens (tertiary/aromatic N) is 1. The zero-order chi connectivity index (χ0) is 17.5. The van der Waals surface area contributed by atoms with Gasteiger partial charge in [-0.05, 0) is 36.0 Å². The summed E-state index contributed by atoms with van der Waals surface area (Å²) in [4.78, 5) is 2.46. The Kier molecular flexibility index (Phi) is 6.62. The van der Waals surface area contributed by atoms with Gasteiger partial charge in [0.2, 0.25) is 0 Å². The largest absolute Gasteiger partial charge is 0.393 e. The van der Waals surface area contributed by atoms with Gasteiger partial charge in [-0.3, -0.25) is 4.90 Å². The van der Waals surface area contributed by atoms with Crippen LogP contribution in [0.25, 0.3) is 0 Å². The molecule has 0 spiro atoms. The predicted molar refractivity (Wildman–Crippen MR) is 103 cm³/mol. The van der Waals surface area contributed by atoms with E-state index in [2.05, 4.69) is 71.7 Å². The van der Waals surface area contributed by atoms with Crippen LogP contribution in [-0.2, 0) is 13.1 Å². The summed E-state index contributed by atoms with van der Waals surface area (Å²) in [5, 5.41) is 13.4. The fourth-order valence-corrected chi connectivity index (χ4v) is 3.62. The third kappa shape index (κ3) is 5.15. The summed E-state index contributed by atoms with van der Waals surface area (Å²) in [5.74, 6) is 0. The molecule has 1 aliphatic heterocycles. The lowest BCUT2D eigenvalue weighted by Crippen LogP contribution is -2.35. The maximum absolute atomic E-state index is 9.69. The fraction of sp³-hybridized carbons (Fsp3) is 0.455. The Morgan fingerprint density at radius 3 is 2.32 bits per heavy atom. The Labute approximate surface area is 151 Å². The normalized spacial score (nSPS) is 17.5. The first-order valence-corrected chi connectivity index (χ1v) is 9.51. The lowest BCUT2D eigenvalue weighted by Gasteiger charge is -2.30. The van der Waals surface area contributed by atoms with E-state index in [1.54, 1.807) is 0 Å². The summed E-state index contributed by atoms with van der Waals surface area (Å²) >= 11 is 0. The van der Waals surface area contributed by atoms with Crippen molar-refractivity contribution in [1.82, 2.24) is 10.2 Å². The number of likely N-dealkylation sites (tertiary alicyclic amines) is 1. The molecule has 1 saturated heterocycles. The van der Waals surface area contributed by atoms with E-state index in [0.717, 1.165) is 45.4 Å². The minimum atomic E-state index is -0.107. The van der Waals surface area contributed by atoms with Gasteiger partial charge in [0.25, 0.3) is 0 Å². The maximum Gasteiger partial charge on any atom is 0.0564 e. The number of aliphatic hydroxyl groups excluding tert-OH is 1. The molecule has 0 aromatic heterocycles. The number of hydrogen-bond donors (Lipinski definition) is 2. The molecule has 0 bridgehead atoms. The van der Waals surface area contributed by atoms with Gasteiger partial charge in [0.05, 0.1) is 6.10 Å². The standard InChI is InChI=1S/C22H30N2O/c1-2-22(18-8-4-3-5-9-18)23-16-19-10-6-7-11-20(19)17-24-14-12-21(25)13-15-24/h3-11,21-23,25H,2,12-17H2,1H3. The minimum absolute atomic E-state index is 0.107. The van der Waals surface area contributed by atoms with Gasteiger partial charge in [0, 0.05) is 32.2 Å². The molecule has 3 heteroatoms. The molecule has 0 amide bonds. The van der Waals surface area contributed by atoms with Crippen molar-refractivity contribution in [3.63, 3.8) is 0 Å². The topological polar surface area (TPSA) is 35.5 Å². The minimum Gasteiger partial charge on any atom is -0.393 e. The van der Waals surface area contributed by atoms with Crippen molar-refractivity contribution in [2.45, 2.75) is 51.4 Å². The summed E-state index contributed by atoms with van der Waals surface area (Å²) in [6, 6.07) is 19.8. The first-order chi connectivity index (χ1) is 12.3. The first-order valence-electron chi connectivity index (χ1n) is 9.51. The van der Waals surface area contributed by atoms with E-state index < -0.39 is 0 Å². The summed E-state index contributed by atoms with van der Waals surface area (Å²) in [7, 11) is 0. The third-order valence-electron chi connectivity index (χ3n) is 5.22. The number of nitrogens with one attached hydrogen (secondary N) is 1. The van der Waals surface area contributed by atoms with E-state index in [-0.39, 0.29) is 6.10 Å². The summed E-state index contributed by atoms with van der Waals surface area (Å²) in [6.07, 6.45) is 2.76. The van der Waals surface area contributed by atoms with Crippen molar-refractivity contribution in [2.24, 2.45) is 0 Å². The number of hydrogen-bond acceptors (Lipinski definition) is 3. The molecule has 3 rings (SSSR count). The van der Waals surface area contributed by atoms with Crippen LogP contribution in [0, 0.1) is 0 Å². The third-order valence-corrected chi connectivity index (χ3v) is 5.22. The molecular formula is C22H30N2O. The number of rotatable bonds is 7. The number of benzene rings is 2. The molecule has 134 valence electrons. The molecule has 25 heavy (non-hydrogen) atoms. The smallest absolute Gasteiger partial charge is 0.0564 e. The lowest BCUT2D eigenvalue weighted by molar-refractivity contribution is 0.0791. The van der Waals surface area contributed by atoms with Gasteiger partial charge in [-0.2, -0.15) is 0 Å². The Balaban J connectivity index is 1.62. The predicted octanol–water partition coefficient (Wildman–Crippen LogP) is 3.88. The van der Waals surface area contributed by atoms with Crippen molar-refractivity contribution in [2.75, 3.05) is 13.1 Å². The van der Waals surface area contributed by atoms with E-state index in [9.17, 15) is 5.11 Å². The van der Waals surface area contributed by atoms with Crippen LogP contribution in [0.2, 0.25) is 0 Å². The van der Waals surface area contributed by atoms with Crippen LogP contribution in [0.4, 0.5) is 0 Å². The molecule has 3 nitrogen and oxygen atoms in total.